The van der Waals surface area contributed by atoms with Crippen molar-refractivity contribution >= 4 is 0 Å². The van der Waals surface area contributed by atoms with Crippen molar-refractivity contribution in [2.75, 3.05) is 32.8 Å². The zero-order valence-electron chi connectivity index (χ0n) is 11.7. The van der Waals surface area contributed by atoms with Crippen LogP contribution in [0.15, 0.2) is 12.1 Å². The zero-order valence-corrected chi connectivity index (χ0v) is 11.7. The van der Waals surface area contributed by atoms with Gasteiger partial charge < -0.3 is 10.4 Å². The maximum absolute atomic E-state index is 14.2. The first-order chi connectivity index (χ1) is 9.88. The van der Waals surface area contributed by atoms with E-state index in [1.165, 1.54) is 17.9 Å². The number of benzene rings is 1. The van der Waals surface area contributed by atoms with Gasteiger partial charge in [0, 0.05) is 31.7 Å². The number of nitrogens with zero attached hydrogens (tertiary/aromatic N) is 1. The molecule has 0 aliphatic carbocycles. The van der Waals surface area contributed by atoms with Crippen molar-refractivity contribution in [3.63, 3.8) is 0 Å². The van der Waals surface area contributed by atoms with Crippen molar-refractivity contribution in [3.05, 3.63) is 34.9 Å². The molecule has 2 N–H and O–H groups in total. The van der Waals surface area contributed by atoms with Gasteiger partial charge in [0.05, 0.1) is 0 Å². The van der Waals surface area contributed by atoms with Crippen molar-refractivity contribution in [1.29, 1.82) is 0 Å². The number of nitrogens with one attached hydrogen (secondary N) is 1. The first-order valence-corrected chi connectivity index (χ1v) is 6.76. The van der Waals surface area contributed by atoms with Gasteiger partial charge in [0.25, 0.3) is 5.92 Å². The van der Waals surface area contributed by atoms with E-state index in [9.17, 15) is 17.6 Å². The lowest BCUT2D eigenvalue weighted by Crippen LogP contribution is -2.51. The summed E-state index contributed by atoms with van der Waals surface area (Å²) in [6.45, 7) is 1.29. The summed E-state index contributed by atoms with van der Waals surface area (Å²) in [4.78, 5) is 1.31. The summed E-state index contributed by atoms with van der Waals surface area (Å²) in [5.74, 6) is -5.63. The Balaban J connectivity index is 2.52. The van der Waals surface area contributed by atoms with E-state index in [0.717, 1.165) is 6.07 Å². The Morgan fingerprint density at radius 1 is 1.29 bits per heavy atom. The summed E-state index contributed by atoms with van der Waals surface area (Å²) in [7, 11) is 0. The molecule has 1 aromatic rings. The van der Waals surface area contributed by atoms with Gasteiger partial charge in [-0.3, -0.25) is 4.90 Å². The number of halogens is 4. The van der Waals surface area contributed by atoms with Crippen molar-refractivity contribution in [1.82, 2.24) is 10.2 Å². The third-order valence-electron chi connectivity index (χ3n) is 3.72. The van der Waals surface area contributed by atoms with Gasteiger partial charge in [-0.25, -0.2) is 17.6 Å². The smallest absolute Gasteiger partial charge is 0.290 e. The van der Waals surface area contributed by atoms with Gasteiger partial charge in [0.1, 0.15) is 24.3 Å². The Morgan fingerprint density at radius 2 is 1.90 bits per heavy atom. The summed E-state index contributed by atoms with van der Waals surface area (Å²) in [5.41, 5.74) is -0.573. The molecule has 7 heteroatoms. The number of piperazine rings is 1. The summed E-state index contributed by atoms with van der Waals surface area (Å²) in [5, 5.41) is 12.0. The lowest BCUT2D eigenvalue weighted by Gasteiger charge is -2.39. The molecular weight excluding hydrogens is 288 g/mol. The first kappa shape index (κ1) is 16.2. The SMILES string of the molecule is Cc1ccc(F)c([C@@H](N2CCNCC2)C(F)(F)CO)c1F. The number of aliphatic hydroxyl groups excluding tert-OH is 1. The van der Waals surface area contributed by atoms with Crippen molar-refractivity contribution in [3.8, 4) is 0 Å². The number of alkyl halides is 2. The molecule has 1 saturated heterocycles. The van der Waals surface area contributed by atoms with Crippen LogP contribution in [0.4, 0.5) is 17.6 Å². The average Bonchev–Trinajstić information content (AvgIpc) is 2.48. The van der Waals surface area contributed by atoms with E-state index in [1.807, 2.05) is 0 Å². The first-order valence-electron chi connectivity index (χ1n) is 6.76. The maximum atomic E-state index is 14.2. The zero-order chi connectivity index (χ0) is 15.6. The van der Waals surface area contributed by atoms with Crippen LogP contribution in [0.25, 0.3) is 0 Å². The Hall–Kier alpha value is -1.18. The van der Waals surface area contributed by atoms with Gasteiger partial charge >= 0.3 is 0 Å². The highest BCUT2D eigenvalue weighted by molar-refractivity contribution is 5.31. The third-order valence-corrected chi connectivity index (χ3v) is 3.72. The summed E-state index contributed by atoms with van der Waals surface area (Å²) < 4.78 is 56.5. The Labute approximate surface area is 120 Å². The van der Waals surface area contributed by atoms with Crippen molar-refractivity contribution in [2.45, 2.75) is 18.9 Å². The Kier molecular flexibility index (Phi) is 4.85. The van der Waals surface area contributed by atoms with E-state index >= 15 is 0 Å². The van der Waals surface area contributed by atoms with Crippen LogP contribution in [-0.4, -0.2) is 48.7 Å². The molecule has 1 aliphatic rings. The van der Waals surface area contributed by atoms with E-state index in [1.54, 1.807) is 0 Å². The van der Waals surface area contributed by atoms with Crippen LogP contribution >= 0.6 is 0 Å². The summed E-state index contributed by atoms with van der Waals surface area (Å²) >= 11 is 0. The maximum Gasteiger partial charge on any atom is 0.290 e. The number of aliphatic hydroxyl groups is 1. The molecule has 2 rings (SSSR count). The molecule has 0 unspecified atom stereocenters. The molecule has 3 nitrogen and oxygen atoms in total. The fourth-order valence-electron chi connectivity index (χ4n) is 2.62. The van der Waals surface area contributed by atoms with Crippen LogP contribution in [0.3, 0.4) is 0 Å². The number of rotatable bonds is 4. The largest absolute Gasteiger partial charge is 0.390 e. The number of aryl methyl sites for hydroxylation is 1. The van der Waals surface area contributed by atoms with Crippen LogP contribution in [0.2, 0.25) is 0 Å². The van der Waals surface area contributed by atoms with Gasteiger partial charge in [0.15, 0.2) is 0 Å². The number of hydrogen-bond donors (Lipinski definition) is 2. The lowest BCUT2D eigenvalue weighted by molar-refractivity contribution is -0.120. The van der Waals surface area contributed by atoms with Gasteiger partial charge in [-0.05, 0) is 18.6 Å². The fourth-order valence-corrected chi connectivity index (χ4v) is 2.62. The monoisotopic (exact) mass is 306 g/mol. The van der Waals surface area contributed by atoms with Crippen LogP contribution in [-0.2, 0) is 0 Å². The highest BCUT2D eigenvalue weighted by Gasteiger charge is 2.46. The van der Waals surface area contributed by atoms with Crippen LogP contribution in [0.5, 0.6) is 0 Å². The van der Waals surface area contributed by atoms with Crippen molar-refractivity contribution < 1.29 is 22.7 Å². The molecule has 0 bridgehead atoms. The molecule has 0 saturated carbocycles. The van der Waals surface area contributed by atoms with Gasteiger partial charge in [-0.1, -0.05) is 6.07 Å². The van der Waals surface area contributed by atoms with E-state index in [4.69, 9.17) is 5.11 Å². The molecule has 21 heavy (non-hydrogen) atoms. The highest BCUT2D eigenvalue weighted by atomic mass is 19.3. The molecule has 0 amide bonds. The number of hydrogen-bond acceptors (Lipinski definition) is 3. The topological polar surface area (TPSA) is 35.5 Å². The van der Waals surface area contributed by atoms with E-state index in [-0.39, 0.29) is 18.7 Å². The molecule has 1 atom stereocenters. The predicted octanol–water partition coefficient (Wildman–Crippen LogP) is 1.85. The molecule has 1 aliphatic heterocycles. The van der Waals surface area contributed by atoms with Crippen LogP contribution < -0.4 is 5.32 Å². The Morgan fingerprint density at radius 3 is 2.48 bits per heavy atom. The molecular formula is C14H18F4N2O. The van der Waals surface area contributed by atoms with Crippen molar-refractivity contribution in [2.24, 2.45) is 0 Å². The predicted molar refractivity (Wildman–Crippen MR) is 70.3 cm³/mol. The quantitative estimate of drug-likeness (QED) is 0.833. The van der Waals surface area contributed by atoms with E-state index in [2.05, 4.69) is 5.32 Å². The molecule has 1 heterocycles. The van der Waals surface area contributed by atoms with Gasteiger partial charge in [0.2, 0.25) is 0 Å². The molecule has 0 radical (unpaired) electrons. The van der Waals surface area contributed by atoms with Crippen LogP contribution in [0.1, 0.15) is 17.2 Å². The third kappa shape index (κ3) is 3.20. The minimum atomic E-state index is -3.63. The molecule has 1 fully saturated rings. The van der Waals surface area contributed by atoms with E-state index < -0.39 is 35.8 Å². The molecule has 118 valence electrons. The summed E-state index contributed by atoms with van der Waals surface area (Å²) in [6.07, 6.45) is 0. The molecule has 1 aromatic carbocycles. The average molecular weight is 306 g/mol. The Bertz CT molecular complexity index is 504. The lowest BCUT2D eigenvalue weighted by atomic mass is 9.95. The highest BCUT2D eigenvalue weighted by Crippen LogP contribution is 2.39. The fraction of sp³-hybridized carbons (Fsp3) is 0.571. The molecule has 0 spiro atoms. The second kappa shape index (κ2) is 6.29. The minimum absolute atomic E-state index is 0.0975. The second-order valence-electron chi connectivity index (χ2n) is 5.20. The standard InChI is InChI=1S/C14H18F4N2O/c1-9-2-3-10(15)11(12(9)16)13(14(17,18)8-21)20-6-4-19-5-7-20/h2-3,13,19,21H,4-8H2,1H3/t13-/m1/s1. The summed E-state index contributed by atoms with van der Waals surface area (Å²) in [6, 6.07) is 0.376. The second-order valence-corrected chi connectivity index (χ2v) is 5.20. The van der Waals surface area contributed by atoms with Gasteiger partial charge in [-0.15, -0.1) is 0 Å². The minimum Gasteiger partial charge on any atom is -0.390 e. The molecule has 0 aromatic heterocycles. The van der Waals surface area contributed by atoms with Gasteiger partial charge in [-0.2, -0.15) is 0 Å². The normalized spacial score (nSPS) is 18.8. The van der Waals surface area contributed by atoms with E-state index in [0.29, 0.717) is 13.1 Å². The van der Waals surface area contributed by atoms with Crippen LogP contribution in [0, 0.1) is 18.6 Å².